The Morgan fingerprint density at radius 3 is 2.42 bits per heavy atom. The molecule has 1 saturated heterocycles. The van der Waals surface area contributed by atoms with Crippen LogP contribution in [0.4, 0.5) is 10.5 Å². The third-order valence-electron chi connectivity index (χ3n) is 4.78. The lowest BCUT2D eigenvalue weighted by atomic mass is 10.0. The van der Waals surface area contributed by atoms with Crippen molar-refractivity contribution in [2.24, 2.45) is 0 Å². The van der Waals surface area contributed by atoms with Crippen molar-refractivity contribution < 1.29 is 9.53 Å². The van der Waals surface area contributed by atoms with E-state index in [9.17, 15) is 10.1 Å². The van der Waals surface area contributed by atoms with E-state index in [-0.39, 0.29) is 17.6 Å². The number of nitriles is 1. The third-order valence-corrected chi connectivity index (χ3v) is 4.78. The van der Waals surface area contributed by atoms with Gasteiger partial charge in [-0.05, 0) is 43.5 Å². The van der Waals surface area contributed by atoms with Crippen LogP contribution in [-0.2, 0) is 10.2 Å². The van der Waals surface area contributed by atoms with Crippen molar-refractivity contribution in [3.63, 3.8) is 0 Å². The van der Waals surface area contributed by atoms with Gasteiger partial charge in [-0.2, -0.15) is 5.26 Å². The van der Waals surface area contributed by atoms with E-state index in [1.165, 1.54) is 0 Å². The van der Waals surface area contributed by atoms with Crippen LogP contribution in [0, 0.1) is 11.3 Å². The summed E-state index contributed by atoms with van der Waals surface area (Å²) in [6.45, 7) is 2.39. The van der Waals surface area contributed by atoms with Crippen molar-refractivity contribution in [3.8, 4) is 17.2 Å². The predicted molar refractivity (Wildman–Crippen MR) is 89.5 cm³/mol. The zero-order chi connectivity index (χ0) is 16.7. The molecule has 1 saturated carbocycles. The summed E-state index contributed by atoms with van der Waals surface area (Å²) in [5.74, 6) is 0. The molecule has 2 fully saturated rings. The molecule has 0 spiro atoms. The molecule has 1 atom stereocenters. The number of amides is 1. The minimum absolute atomic E-state index is 0.0463. The highest BCUT2D eigenvalue weighted by Crippen LogP contribution is 2.46. The number of pyridine rings is 1. The Morgan fingerprint density at radius 2 is 1.92 bits per heavy atom. The number of anilines is 1. The van der Waals surface area contributed by atoms with Gasteiger partial charge >= 0.3 is 6.09 Å². The third kappa shape index (κ3) is 2.31. The first-order valence-electron chi connectivity index (χ1n) is 8.07. The maximum Gasteiger partial charge on any atom is 0.414 e. The second-order valence-electron chi connectivity index (χ2n) is 6.47. The average Bonchev–Trinajstić information content (AvgIpc) is 3.35. The van der Waals surface area contributed by atoms with Gasteiger partial charge in [0.15, 0.2) is 0 Å². The molecule has 1 aliphatic heterocycles. The van der Waals surface area contributed by atoms with Gasteiger partial charge in [0, 0.05) is 17.4 Å². The van der Waals surface area contributed by atoms with Crippen LogP contribution in [-0.4, -0.2) is 23.7 Å². The molecular formula is C19H17N3O2. The van der Waals surface area contributed by atoms with Crippen molar-refractivity contribution >= 4 is 11.8 Å². The Bertz CT molecular complexity index is 817. The largest absolute Gasteiger partial charge is 0.447 e. The number of cyclic esters (lactones) is 1. The molecular weight excluding hydrogens is 302 g/mol. The van der Waals surface area contributed by atoms with Crippen LogP contribution in [0.15, 0.2) is 42.6 Å². The molecule has 2 aromatic rings. The molecule has 0 radical (unpaired) electrons. The van der Waals surface area contributed by atoms with Crippen LogP contribution < -0.4 is 4.90 Å². The van der Waals surface area contributed by atoms with E-state index in [0.29, 0.717) is 6.61 Å². The van der Waals surface area contributed by atoms with E-state index >= 15 is 0 Å². The fraction of sp³-hybridized carbons (Fsp3) is 0.316. The Hall–Kier alpha value is -2.87. The maximum atomic E-state index is 11.8. The van der Waals surface area contributed by atoms with Crippen molar-refractivity contribution in [2.45, 2.75) is 31.2 Å². The van der Waals surface area contributed by atoms with Crippen LogP contribution in [0.2, 0.25) is 0 Å². The summed E-state index contributed by atoms with van der Waals surface area (Å²) in [4.78, 5) is 17.9. The van der Waals surface area contributed by atoms with Gasteiger partial charge in [0.25, 0.3) is 0 Å². The van der Waals surface area contributed by atoms with Gasteiger partial charge in [0.2, 0.25) is 0 Å². The van der Waals surface area contributed by atoms with Gasteiger partial charge < -0.3 is 4.74 Å². The zero-order valence-electron chi connectivity index (χ0n) is 13.4. The van der Waals surface area contributed by atoms with Crippen molar-refractivity contribution in [1.29, 1.82) is 5.26 Å². The molecule has 1 aromatic heterocycles. The van der Waals surface area contributed by atoms with Crippen LogP contribution in [0.3, 0.4) is 0 Å². The molecule has 5 heteroatoms. The lowest BCUT2D eigenvalue weighted by molar-refractivity contribution is 0.179. The van der Waals surface area contributed by atoms with Gasteiger partial charge in [0.05, 0.1) is 23.2 Å². The van der Waals surface area contributed by atoms with Gasteiger partial charge in [-0.15, -0.1) is 0 Å². The lowest BCUT2D eigenvalue weighted by Gasteiger charge is -2.18. The summed E-state index contributed by atoms with van der Waals surface area (Å²) in [6.07, 6.45) is 3.31. The van der Waals surface area contributed by atoms with Gasteiger partial charge in [-0.3, -0.25) is 9.88 Å². The molecule has 120 valence electrons. The number of carbonyl (C=O) groups excluding carboxylic acids is 1. The molecule has 4 rings (SSSR count). The Morgan fingerprint density at radius 1 is 1.21 bits per heavy atom. The molecule has 1 amide bonds. The Labute approximate surface area is 140 Å². The number of carbonyl (C=O) groups is 1. The fourth-order valence-electron chi connectivity index (χ4n) is 3.09. The Balaban J connectivity index is 1.57. The second kappa shape index (κ2) is 5.34. The smallest absolute Gasteiger partial charge is 0.414 e. The quantitative estimate of drug-likeness (QED) is 0.866. The highest BCUT2D eigenvalue weighted by Gasteiger charge is 2.46. The van der Waals surface area contributed by atoms with Crippen LogP contribution in [0.5, 0.6) is 0 Å². The molecule has 0 bridgehead atoms. The van der Waals surface area contributed by atoms with Gasteiger partial charge in [-0.25, -0.2) is 4.79 Å². The van der Waals surface area contributed by atoms with E-state index in [4.69, 9.17) is 4.74 Å². The van der Waals surface area contributed by atoms with Gasteiger partial charge in [0.1, 0.15) is 6.61 Å². The number of hydrogen-bond acceptors (Lipinski definition) is 4. The van der Waals surface area contributed by atoms with Crippen LogP contribution >= 0.6 is 0 Å². The monoisotopic (exact) mass is 319 g/mol. The highest BCUT2D eigenvalue weighted by atomic mass is 16.6. The first-order valence-corrected chi connectivity index (χ1v) is 8.07. The summed E-state index contributed by atoms with van der Waals surface area (Å²) in [7, 11) is 0. The number of aromatic nitrogens is 1. The summed E-state index contributed by atoms with van der Waals surface area (Å²) < 4.78 is 5.06. The first kappa shape index (κ1) is 14.7. The first-order chi connectivity index (χ1) is 11.6. The highest BCUT2D eigenvalue weighted by molar-refractivity contribution is 5.90. The number of ether oxygens (including phenoxy) is 1. The summed E-state index contributed by atoms with van der Waals surface area (Å²) in [5, 5.41) is 9.24. The number of hydrogen-bond donors (Lipinski definition) is 0. The van der Waals surface area contributed by atoms with Crippen LogP contribution in [0.25, 0.3) is 11.1 Å². The summed E-state index contributed by atoms with van der Waals surface area (Å²) in [6, 6.07) is 14.1. The molecule has 2 heterocycles. The van der Waals surface area contributed by atoms with E-state index < -0.39 is 0 Å². The second-order valence-corrected chi connectivity index (χ2v) is 6.47. The minimum Gasteiger partial charge on any atom is -0.447 e. The molecule has 2 aliphatic rings. The van der Waals surface area contributed by atoms with E-state index in [0.717, 1.165) is 35.3 Å². The van der Waals surface area contributed by atoms with E-state index in [2.05, 4.69) is 11.1 Å². The molecule has 24 heavy (non-hydrogen) atoms. The zero-order valence-corrected chi connectivity index (χ0v) is 13.4. The minimum atomic E-state index is -0.353. The Kier molecular flexibility index (Phi) is 3.27. The standard InChI is InChI=1S/C19H17N3O2/c1-13-11-24-18(23)22(13)16-5-2-14(3-6-16)15-4-7-17(21-10-15)19(12-20)8-9-19/h2-7,10,13H,8-9,11H2,1H3. The van der Waals surface area contributed by atoms with Crippen LogP contribution in [0.1, 0.15) is 25.5 Å². The number of rotatable bonds is 3. The SMILES string of the molecule is CC1COC(=O)N1c1ccc(-c2ccc(C3(C#N)CC3)nc2)cc1. The predicted octanol–water partition coefficient (Wildman–Crippen LogP) is 3.65. The molecule has 1 aromatic carbocycles. The molecule has 0 N–H and O–H groups in total. The maximum absolute atomic E-state index is 11.8. The lowest BCUT2D eigenvalue weighted by Crippen LogP contribution is -2.30. The number of benzene rings is 1. The van der Waals surface area contributed by atoms with E-state index in [1.807, 2.05) is 49.5 Å². The summed E-state index contributed by atoms with van der Waals surface area (Å²) >= 11 is 0. The molecule has 5 nitrogen and oxygen atoms in total. The normalized spacial score (nSPS) is 21.2. The van der Waals surface area contributed by atoms with E-state index in [1.54, 1.807) is 4.90 Å². The topological polar surface area (TPSA) is 66.2 Å². The van der Waals surface area contributed by atoms with Crippen molar-refractivity contribution in [3.05, 3.63) is 48.3 Å². The fourth-order valence-corrected chi connectivity index (χ4v) is 3.09. The average molecular weight is 319 g/mol. The summed E-state index contributed by atoms with van der Waals surface area (Å²) in [5.41, 5.74) is 3.36. The van der Waals surface area contributed by atoms with Crippen molar-refractivity contribution in [1.82, 2.24) is 4.98 Å². The number of nitrogens with zero attached hydrogens (tertiary/aromatic N) is 3. The molecule has 1 aliphatic carbocycles. The van der Waals surface area contributed by atoms with Crippen molar-refractivity contribution in [2.75, 3.05) is 11.5 Å². The van der Waals surface area contributed by atoms with Gasteiger partial charge in [-0.1, -0.05) is 18.2 Å². The molecule has 1 unspecified atom stereocenters.